The van der Waals surface area contributed by atoms with Crippen LogP contribution in [0.3, 0.4) is 0 Å². The lowest BCUT2D eigenvalue weighted by Crippen LogP contribution is -2.35. The fourth-order valence-electron chi connectivity index (χ4n) is 3.56. The molecular weight excluding hydrogens is 290 g/mol. The SMILES string of the molecule is CC(C)C[C@@H](C)C(F)(F)C(=O)/C=C/[C@H]1CC[C@@H]2OC(=O)C[C@@H]21. The van der Waals surface area contributed by atoms with Crippen LogP contribution >= 0.6 is 0 Å². The van der Waals surface area contributed by atoms with E-state index in [-0.39, 0.29) is 29.8 Å². The van der Waals surface area contributed by atoms with Gasteiger partial charge in [-0.25, -0.2) is 0 Å². The number of rotatable bonds is 6. The molecule has 22 heavy (non-hydrogen) atoms. The van der Waals surface area contributed by atoms with E-state index in [1.54, 1.807) is 6.08 Å². The molecule has 2 rings (SSSR count). The lowest BCUT2D eigenvalue weighted by Gasteiger charge is -2.22. The quantitative estimate of drug-likeness (QED) is 0.553. The van der Waals surface area contributed by atoms with E-state index in [0.29, 0.717) is 12.8 Å². The number of carbonyl (C=O) groups is 2. The average molecular weight is 314 g/mol. The van der Waals surface area contributed by atoms with Crippen molar-refractivity contribution < 1.29 is 23.1 Å². The topological polar surface area (TPSA) is 43.4 Å². The van der Waals surface area contributed by atoms with Crippen molar-refractivity contribution >= 4 is 11.8 Å². The number of allylic oxidation sites excluding steroid dienone is 2. The van der Waals surface area contributed by atoms with Crippen LogP contribution in [0.15, 0.2) is 12.2 Å². The highest BCUT2D eigenvalue weighted by molar-refractivity contribution is 5.95. The number of ketones is 1. The molecule has 1 aliphatic carbocycles. The summed E-state index contributed by atoms with van der Waals surface area (Å²) < 4.78 is 33.4. The Bertz CT molecular complexity index is 471. The number of hydrogen-bond donors (Lipinski definition) is 0. The van der Waals surface area contributed by atoms with Crippen LogP contribution < -0.4 is 0 Å². The highest BCUT2D eigenvalue weighted by atomic mass is 19.3. The minimum atomic E-state index is -3.33. The van der Waals surface area contributed by atoms with E-state index in [2.05, 4.69) is 0 Å². The highest BCUT2D eigenvalue weighted by Crippen LogP contribution is 2.42. The van der Waals surface area contributed by atoms with E-state index < -0.39 is 17.6 Å². The predicted molar refractivity (Wildman–Crippen MR) is 78.4 cm³/mol. The molecule has 1 aliphatic heterocycles. The lowest BCUT2D eigenvalue weighted by atomic mass is 9.89. The molecule has 0 aromatic heterocycles. The molecule has 0 bridgehead atoms. The number of carbonyl (C=O) groups excluding carboxylic acids is 2. The number of alkyl halides is 2. The smallest absolute Gasteiger partial charge is 0.311 e. The molecule has 0 amide bonds. The second-order valence-corrected chi connectivity index (χ2v) is 7.01. The van der Waals surface area contributed by atoms with Gasteiger partial charge in [-0.2, -0.15) is 8.78 Å². The van der Waals surface area contributed by atoms with E-state index in [1.807, 2.05) is 13.8 Å². The number of ether oxygens (including phenoxy) is 1. The van der Waals surface area contributed by atoms with Gasteiger partial charge in [0.1, 0.15) is 6.10 Å². The molecule has 0 aromatic carbocycles. The van der Waals surface area contributed by atoms with Crippen LogP contribution in [0.2, 0.25) is 0 Å². The third kappa shape index (κ3) is 3.55. The van der Waals surface area contributed by atoms with Crippen molar-refractivity contribution in [1.29, 1.82) is 0 Å². The van der Waals surface area contributed by atoms with Gasteiger partial charge < -0.3 is 4.74 Å². The molecule has 1 saturated carbocycles. The van der Waals surface area contributed by atoms with Crippen molar-refractivity contribution in [1.82, 2.24) is 0 Å². The molecule has 2 fully saturated rings. The van der Waals surface area contributed by atoms with Crippen LogP contribution in [0.25, 0.3) is 0 Å². The Morgan fingerprint density at radius 1 is 1.36 bits per heavy atom. The van der Waals surface area contributed by atoms with Crippen molar-refractivity contribution in [3.8, 4) is 0 Å². The molecule has 5 heteroatoms. The first-order valence-corrected chi connectivity index (χ1v) is 8.01. The summed E-state index contributed by atoms with van der Waals surface area (Å²) in [6, 6.07) is 0. The summed E-state index contributed by atoms with van der Waals surface area (Å²) in [6.45, 7) is 5.14. The molecular formula is C17H24F2O3. The number of esters is 1. The maximum Gasteiger partial charge on any atom is 0.311 e. The Hall–Kier alpha value is -1.26. The maximum absolute atomic E-state index is 14.1. The number of halogens is 2. The standard InChI is InChI=1S/C17H24F2O3/c1-10(2)8-11(3)17(18,19)15(20)7-5-12-4-6-14-13(12)9-16(21)22-14/h5,7,10-14H,4,6,8-9H2,1-3H3/b7-5+/t11-,12-,13-,14+/m1/s1. The van der Waals surface area contributed by atoms with Gasteiger partial charge in [-0.15, -0.1) is 0 Å². The van der Waals surface area contributed by atoms with Crippen LogP contribution in [0.5, 0.6) is 0 Å². The maximum atomic E-state index is 14.1. The predicted octanol–water partition coefficient (Wildman–Crippen LogP) is 3.77. The Morgan fingerprint density at radius 2 is 2.05 bits per heavy atom. The summed E-state index contributed by atoms with van der Waals surface area (Å²) in [6.07, 6.45) is 4.64. The molecule has 4 atom stereocenters. The summed E-state index contributed by atoms with van der Waals surface area (Å²) in [7, 11) is 0. The van der Waals surface area contributed by atoms with E-state index >= 15 is 0 Å². The van der Waals surface area contributed by atoms with Gasteiger partial charge in [-0.05, 0) is 37.2 Å². The zero-order valence-corrected chi connectivity index (χ0v) is 13.4. The van der Waals surface area contributed by atoms with Crippen molar-refractivity contribution in [2.45, 2.75) is 58.5 Å². The number of fused-ring (bicyclic) bond motifs is 1. The van der Waals surface area contributed by atoms with Crippen molar-refractivity contribution in [2.24, 2.45) is 23.7 Å². The Labute approximate surface area is 130 Å². The van der Waals surface area contributed by atoms with E-state index in [1.165, 1.54) is 6.92 Å². The fraction of sp³-hybridized carbons (Fsp3) is 0.765. The zero-order valence-electron chi connectivity index (χ0n) is 13.4. The van der Waals surface area contributed by atoms with E-state index in [4.69, 9.17) is 4.74 Å². The van der Waals surface area contributed by atoms with Crippen molar-refractivity contribution in [3.63, 3.8) is 0 Å². The Morgan fingerprint density at radius 3 is 2.68 bits per heavy atom. The fourth-order valence-corrected chi connectivity index (χ4v) is 3.56. The first-order chi connectivity index (χ1) is 10.2. The first kappa shape index (κ1) is 17.1. The lowest BCUT2D eigenvalue weighted by molar-refractivity contribution is -0.145. The summed E-state index contributed by atoms with van der Waals surface area (Å²) in [4.78, 5) is 23.1. The molecule has 0 aromatic rings. The normalized spacial score (nSPS) is 29.9. The van der Waals surface area contributed by atoms with Crippen molar-refractivity contribution in [2.75, 3.05) is 0 Å². The number of hydrogen-bond acceptors (Lipinski definition) is 3. The monoisotopic (exact) mass is 314 g/mol. The van der Waals surface area contributed by atoms with E-state index in [9.17, 15) is 18.4 Å². The molecule has 0 N–H and O–H groups in total. The molecule has 0 spiro atoms. The molecule has 1 saturated heterocycles. The minimum Gasteiger partial charge on any atom is -0.462 e. The first-order valence-electron chi connectivity index (χ1n) is 8.01. The van der Waals surface area contributed by atoms with Gasteiger partial charge in [0.25, 0.3) is 0 Å². The highest BCUT2D eigenvalue weighted by Gasteiger charge is 2.45. The third-order valence-electron chi connectivity index (χ3n) is 4.76. The Balaban J connectivity index is 1.97. The molecule has 2 aliphatic rings. The molecule has 1 heterocycles. The van der Waals surface area contributed by atoms with Gasteiger partial charge in [0.2, 0.25) is 5.78 Å². The zero-order chi connectivity index (χ0) is 16.5. The van der Waals surface area contributed by atoms with Gasteiger partial charge >= 0.3 is 11.9 Å². The minimum absolute atomic E-state index is 0.0170. The average Bonchev–Trinajstić information content (AvgIpc) is 2.94. The molecule has 124 valence electrons. The van der Waals surface area contributed by atoms with Gasteiger partial charge in [-0.1, -0.05) is 26.8 Å². The second-order valence-electron chi connectivity index (χ2n) is 7.01. The molecule has 0 unspecified atom stereocenters. The van der Waals surface area contributed by atoms with Crippen LogP contribution in [0.4, 0.5) is 8.78 Å². The van der Waals surface area contributed by atoms with Crippen LogP contribution in [0.1, 0.15) is 46.5 Å². The second kappa shape index (κ2) is 6.47. The third-order valence-corrected chi connectivity index (χ3v) is 4.76. The van der Waals surface area contributed by atoms with Crippen LogP contribution in [-0.4, -0.2) is 23.8 Å². The Kier molecular flexibility index (Phi) is 5.03. The largest absolute Gasteiger partial charge is 0.462 e. The van der Waals surface area contributed by atoms with Crippen LogP contribution in [-0.2, 0) is 14.3 Å². The van der Waals surface area contributed by atoms with E-state index in [0.717, 1.165) is 18.9 Å². The summed E-state index contributed by atoms with van der Waals surface area (Å²) in [5.74, 6) is -5.52. The summed E-state index contributed by atoms with van der Waals surface area (Å²) >= 11 is 0. The van der Waals surface area contributed by atoms with Gasteiger partial charge in [0.05, 0.1) is 6.42 Å². The molecule has 0 radical (unpaired) electrons. The molecule has 3 nitrogen and oxygen atoms in total. The van der Waals surface area contributed by atoms with Crippen molar-refractivity contribution in [3.05, 3.63) is 12.2 Å². The van der Waals surface area contributed by atoms with Crippen LogP contribution in [0, 0.1) is 23.7 Å². The summed E-state index contributed by atoms with van der Waals surface area (Å²) in [5.41, 5.74) is 0. The van der Waals surface area contributed by atoms with Gasteiger partial charge in [-0.3, -0.25) is 9.59 Å². The summed E-state index contributed by atoms with van der Waals surface area (Å²) in [5, 5.41) is 0. The van der Waals surface area contributed by atoms with Gasteiger partial charge in [0, 0.05) is 11.8 Å². The van der Waals surface area contributed by atoms with Gasteiger partial charge in [0.15, 0.2) is 0 Å².